The molecule has 0 spiro atoms. The first kappa shape index (κ1) is 19.5. The molecule has 1 aromatic carbocycles. The number of carbonyl (C=O) groups is 1. The Kier molecular flexibility index (Phi) is 8.44. The number of amides is 1. The van der Waals surface area contributed by atoms with Crippen LogP contribution in [0.15, 0.2) is 28.7 Å². The summed E-state index contributed by atoms with van der Waals surface area (Å²) < 4.78 is 1.11. The van der Waals surface area contributed by atoms with Crippen LogP contribution in [0.4, 0.5) is 0 Å². The average molecular weight is 390 g/mol. The molecule has 0 saturated heterocycles. The largest absolute Gasteiger partial charge is 0.356 e. The highest BCUT2D eigenvalue weighted by atomic mass is 79.9. The van der Waals surface area contributed by atoms with Crippen molar-refractivity contribution in [1.82, 2.24) is 5.32 Å². The topological polar surface area (TPSA) is 55.1 Å². The Morgan fingerprint density at radius 3 is 2.82 bits per heavy atom. The van der Waals surface area contributed by atoms with Crippen LogP contribution < -0.4 is 11.1 Å². The third kappa shape index (κ3) is 5.90. The fourth-order valence-electron chi connectivity index (χ4n) is 3.00. The summed E-state index contributed by atoms with van der Waals surface area (Å²) in [6.45, 7) is 2.94. The van der Waals surface area contributed by atoms with E-state index in [0.717, 1.165) is 43.1 Å². The Hall–Kier alpha value is -0.580. The Balaban J connectivity index is 0.00000242. The first-order valence-electron chi connectivity index (χ1n) is 7.86. The number of nitrogens with two attached hydrogens (primary N) is 1. The van der Waals surface area contributed by atoms with Gasteiger partial charge in [0, 0.05) is 23.0 Å². The first-order valence-corrected chi connectivity index (χ1v) is 8.65. The molecule has 1 aliphatic rings. The van der Waals surface area contributed by atoms with Crippen molar-refractivity contribution in [1.29, 1.82) is 0 Å². The van der Waals surface area contributed by atoms with Crippen molar-refractivity contribution in [2.75, 3.05) is 6.54 Å². The van der Waals surface area contributed by atoms with Crippen molar-refractivity contribution >= 4 is 34.2 Å². The van der Waals surface area contributed by atoms with Gasteiger partial charge in [-0.1, -0.05) is 41.4 Å². The van der Waals surface area contributed by atoms with Gasteiger partial charge in [0.15, 0.2) is 0 Å². The average Bonchev–Trinajstić information content (AvgIpc) is 2.90. The van der Waals surface area contributed by atoms with Crippen LogP contribution in [-0.4, -0.2) is 18.5 Å². The molecule has 1 aromatic rings. The zero-order chi connectivity index (χ0) is 15.2. The summed E-state index contributed by atoms with van der Waals surface area (Å²) in [6.07, 6.45) is 4.83. The first-order chi connectivity index (χ1) is 10.1. The fraction of sp³-hybridized carbons (Fsp3) is 0.588. The van der Waals surface area contributed by atoms with E-state index < -0.39 is 0 Å². The van der Waals surface area contributed by atoms with Gasteiger partial charge >= 0.3 is 0 Å². The number of carbonyl (C=O) groups excluding carboxylic acids is 1. The third-order valence-corrected chi connectivity index (χ3v) is 4.89. The molecule has 22 heavy (non-hydrogen) atoms. The fourth-order valence-corrected chi connectivity index (χ4v) is 3.45. The second-order valence-corrected chi connectivity index (χ2v) is 7.04. The van der Waals surface area contributed by atoms with Crippen LogP contribution in [0.5, 0.6) is 0 Å². The number of hydrogen-bond acceptors (Lipinski definition) is 2. The number of benzene rings is 1. The lowest BCUT2D eigenvalue weighted by atomic mass is 9.96. The van der Waals surface area contributed by atoms with Crippen LogP contribution >= 0.6 is 28.3 Å². The molecule has 3 N–H and O–H groups in total. The molecule has 0 heterocycles. The van der Waals surface area contributed by atoms with E-state index in [-0.39, 0.29) is 30.3 Å². The monoisotopic (exact) mass is 388 g/mol. The summed E-state index contributed by atoms with van der Waals surface area (Å²) in [5.41, 5.74) is 7.19. The Labute approximate surface area is 148 Å². The lowest BCUT2D eigenvalue weighted by Crippen LogP contribution is -2.34. The van der Waals surface area contributed by atoms with Crippen LogP contribution in [0.3, 0.4) is 0 Å². The molecule has 3 unspecified atom stereocenters. The van der Waals surface area contributed by atoms with Crippen molar-refractivity contribution < 1.29 is 4.79 Å². The molecule has 5 heteroatoms. The van der Waals surface area contributed by atoms with Gasteiger partial charge in [-0.2, -0.15) is 0 Å². The standard InChI is InChI=1S/C17H25BrN2O.ClH/c1-2-12(8-13-4-3-5-15(18)9-13)11-20-17(21)14-6-7-16(19)10-14;/h3-5,9,12,14,16H,2,6-8,10-11,19H2,1H3,(H,20,21);1H. The minimum absolute atomic E-state index is 0. The van der Waals surface area contributed by atoms with Gasteiger partial charge in [-0.05, 0) is 49.3 Å². The maximum atomic E-state index is 12.1. The minimum atomic E-state index is 0. The zero-order valence-corrected chi connectivity index (χ0v) is 15.5. The number of hydrogen-bond donors (Lipinski definition) is 2. The summed E-state index contributed by atoms with van der Waals surface area (Å²) >= 11 is 3.50. The van der Waals surface area contributed by atoms with Crippen molar-refractivity contribution in [3.05, 3.63) is 34.3 Å². The summed E-state index contributed by atoms with van der Waals surface area (Å²) in [6, 6.07) is 8.61. The maximum Gasteiger partial charge on any atom is 0.223 e. The van der Waals surface area contributed by atoms with Gasteiger partial charge in [0.05, 0.1) is 0 Å². The van der Waals surface area contributed by atoms with Gasteiger partial charge in [-0.3, -0.25) is 4.79 Å². The van der Waals surface area contributed by atoms with Gasteiger partial charge < -0.3 is 11.1 Å². The van der Waals surface area contributed by atoms with E-state index >= 15 is 0 Å². The summed E-state index contributed by atoms with van der Waals surface area (Å²) in [7, 11) is 0. The van der Waals surface area contributed by atoms with Gasteiger partial charge in [0.25, 0.3) is 0 Å². The normalized spacial score (nSPS) is 22.0. The molecule has 1 aliphatic carbocycles. The third-order valence-electron chi connectivity index (χ3n) is 4.40. The second kappa shape index (κ2) is 9.53. The predicted molar refractivity (Wildman–Crippen MR) is 97.2 cm³/mol. The van der Waals surface area contributed by atoms with Gasteiger partial charge in [0.2, 0.25) is 5.91 Å². The molecule has 0 aliphatic heterocycles. The smallest absolute Gasteiger partial charge is 0.223 e. The van der Waals surface area contributed by atoms with E-state index in [2.05, 4.69) is 46.4 Å². The Bertz CT molecular complexity index is 483. The molecular weight excluding hydrogens is 364 g/mol. The molecule has 0 radical (unpaired) electrons. The lowest BCUT2D eigenvalue weighted by molar-refractivity contribution is -0.125. The van der Waals surface area contributed by atoms with Crippen molar-refractivity contribution in [3.8, 4) is 0 Å². The van der Waals surface area contributed by atoms with Gasteiger partial charge in [-0.15, -0.1) is 12.4 Å². The van der Waals surface area contributed by atoms with E-state index in [1.165, 1.54) is 5.56 Å². The highest BCUT2D eigenvalue weighted by molar-refractivity contribution is 9.10. The number of rotatable bonds is 6. The highest BCUT2D eigenvalue weighted by Gasteiger charge is 2.27. The molecule has 124 valence electrons. The van der Waals surface area contributed by atoms with E-state index in [1.807, 2.05) is 6.07 Å². The number of nitrogens with one attached hydrogen (secondary N) is 1. The SMILES string of the molecule is CCC(CNC(=O)C1CCC(N)C1)Cc1cccc(Br)c1.Cl. The highest BCUT2D eigenvalue weighted by Crippen LogP contribution is 2.24. The molecule has 1 fully saturated rings. The number of halogens is 2. The van der Waals surface area contributed by atoms with Crippen LogP contribution in [-0.2, 0) is 11.2 Å². The molecular formula is C17H26BrClN2O. The molecule has 1 saturated carbocycles. The molecule has 0 aromatic heterocycles. The molecule has 1 amide bonds. The maximum absolute atomic E-state index is 12.1. The quantitative estimate of drug-likeness (QED) is 0.779. The van der Waals surface area contributed by atoms with E-state index in [4.69, 9.17) is 5.73 Å². The van der Waals surface area contributed by atoms with Crippen LogP contribution in [0.2, 0.25) is 0 Å². The zero-order valence-electron chi connectivity index (χ0n) is 13.1. The molecule has 3 atom stereocenters. The Morgan fingerprint density at radius 1 is 1.45 bits per heavy atom. The second-order valence-electron chi connectivity index (χ2n) is 6.12. The van der Waals surface area contributed by atoms with Crippen LogP contribution in [0, 0.1) is 11.8 Å². The van der Waals surface area contributed by atoms with Crippen molar-refractivity contribution in [2.45, 2.75) is 45.1 Å². The minimum Gasteiger partial charge on any atom is -0.356 e. The van der Waals surface area contributed by atoms with Crippen LogP contribution in [0.25, 0.3) is 0 Å². The van der Waals surface area contributed by atoms with Crippen molar-refractivity contribution in [2.24, 2.45) is 17.6 Å². The Morgan fingerprint density at radius 2 is 2.23 bits per heavy atom. The van der Waals surface area contributed by atoms with E-state index in [1.54, 1.807) is 0 Å². The predicted octanol–water partition coefficient (Wildman–Crippen LogP) is 3.68. The summed E-state index contributed by atoms with van der Waals surface area (Å²) in [4.78, 5) is 12.1. The van der Waals surface area contributed by atoms with E-state index in [9.17, 15) is 4.79 Å². The van der Waals surface area contributed by atoms with Crippen LogP contribution in [0.1, 0.15) is 38.2 Å². The summed E-state index contributed by atoms with van der Waals surface area (Å²) in [5, 5.41) is 3.12. The van der Waals surface area contributed by atoms with Crippen molar-refractivity contribution in [3.63, 3.8) is 0 Å². The molecule has 0 bridgehead atoms. The molecule has 3 nitrogen and oxygen atoms in total. The van der Waals surface area contributed by atoms with Gasteiger partial charge in [-0.25, -0.2) is 0 Å². The van der Waals surface area contributed by atoms with E-state index in [0.29, 0.717) is 5.92 Å². The molecule has 2 rings (SSSR count). The summed E-state index contributed by atoms with van der Waals surface area (Å²) in [5.74, 6) is 0.803. The van der Waals surface area contributed by atoms with Gasteiger partial charge in [0.1, 0.15) is 0 Å². The lowest BCUT2D eigenvalue weighted by Gasteiger charge is -2.18.